The van der Waals surface area contributed by atoms with Gasteiger partial charge in [0.2, 0.25) is 0 Å². The van der Waals surface area contributed by atoms with Crippen molar-refractivity contribution in [3.63, 3.8) is 0 Å². The minimum absolute atomic E-state index is 0.186. The number of benzene rings is 1. The molecule has 1 unspecified atom stereocenters. The van der Waals surface area contributed by atoms with Gasteiger partial charge >= 0.3 is 0 Å². The lowest BCUT2D eigenvalue weighted by Gasteiger charge is -2.13. The first-order valence-electron chi connectivity index (χ1n) is 5.82. The zero-order chi connectivity index (χ0) is 11.5. The molecule has 1 nitrogen and oxygen atoms in total. The van der Waals surface area contributed by atoms with Gasteiger partial charge in [0.15, 0.2) is 0 Å². The highest BCUT2D eigenvalue weighted by Gasteiger charge is 2.23. The molecule has 1 aliphatic rings. The minimum atomic E-state index is -0.186. The first kappa shape index (κ1) is 12.1. The molecule has 1 N–H and O–H groups in total. The molecule has 0 saturated heterocycles. The predicted molar refractivity (Wildman–Crippen MR) is 67.7 cm³/mol. The maximum Gasteiger partial charge on any atom is 0.137 e. The van der Waals surface area contributed by atoms with E-state index in [0.717, 1.165) is 18.0 Å². The lowest BCUT2D eigenvalue weighted by molar-refractivity contribution is 0.486. The van der Waals surface area contributed by atoms with Crippen molar-refractivity contribution in [3.05, 3.63) is 34.1 Å². The molecule has 16 heavy (non-hydrogen) atoms. The van der Waals surface area contributed by atoms with Crippen LogP contribution in [0.1, 0.15) is 31.7 Å². The van der Waals surface area contributed by atoms with Gasteiger partial charge in [0.1, 0.15) is 5.82 Å². The van der Waals surface area contributed by atoms with Crippen LogP contribution in [-0.4, -0.2) is 6.04 Å². The van der Waals surface area contributed by atoms with Crippen molar-refractivity contribution in [3.8, 4) is 0 Å². The van der Waals surface area contributed by atoms with Crippen LogP contribution in [0.3, 0.4) is 0 Å². The van der Waals surface area contributed by atoms with Crippen LogP contribution >= 0.6 is 15.9 Å². The second-order valence-corrected chi connectivity index (χ2v) is 5.56. The molecule has 1 aliphatic carbocycles. The molecule has 0 spiro atoms. The SMILES string of the molecule is CC(CC1CC1)NCc1ccc(Br)c(F)c1. The number of nitrogens with one attached hydrogen (secondary N) is 1. The van der Waals surface area contributed by atoms with Gasteiger partial charge in [-0.15, -0.1) is 0 Å². The highest BCUT2D eigenvalue weighted by atomic mass is 79.9. The molecule has 1 saturated carbocycles. The van der Waals surface area contributed by atoms with Crippen LogP contribution in [0.25, 0.3) is 0 Å². The Kier molecular flexibility index (Phi) is 3.98. The van der Waals surface area contributed by atoms with E-state index in [9.17, 15) is 4.39 Å². The van der Waals surface area contributed by atoms with E-state index < -0.39 is 0 Å². The van der Waals surface area contributed by atoms with E-state index in [2.05, 4.69) is 28.2 Å². The fourth-order valence-corrected chi connectivity index (χ4v) is 2.13. The molecule has 0 aromatic heterocycles. The normalized spacial score (nSPS) is 17.4. The molecule has 3 heteroatoms. The van der Waals surface area contributed by atoms with E-state index in [0.29, 0.717) is 10.5 Å². The molecule has 0 amide bonds. The largest absolute Gasteiger partial charge is 0.310 e. The Bertz CT molecular complexity index is 363. The molecule has 88 valence electrons. The molecule has 1 atom stereocenters. The Morgan fingerprint density at radius 1 is 1.50 bits per heavy atom. The summed E-state index contributed by atoms with van der Waals surface area (Å²) in [5.74, 6) is 0.748. The maximum absolute atomic E-state index is 13.2. The molecule has 0 radical (unpaired) electrons. The standard InChI is InChI=1S/C13H17BrFN/c1-9(6-10-2-3-10)16-8-11-4-5-12(14)13(15)7-11/h4-5,7,9-10,16H,2-3,6,8H2,1H3. The Hall–Kier alpha value is -0.410. The van der Waals surface area contributed by atoms with Gasteiger partial charge in [0.25, 0.3) is 0 Å². The van der Waals surface area contributed by atoms with Gasteiger partial charge < -0.3 is 5.32 Å². The van der Waals surface area contributed by atoms with Crippen molar-refractivity contribution < 1.29 is 4.39 Å². The number of hydrogen-bond acceptors (Lipinski definition) is 1. The minimum Gasteiger partial charge on any atom is -0.310 e. The Labute approximate surface area is 105 Å². The molecule has 0 heterocycles. The smallest absolute Gasteiger partial charge is 0.137 e. The topological polar surface area (TPSA) is 12.0 Å². The summed E-state index contributed by atoms with van der Waals surface area (Å²) >= 11 is 3.15. The number of halogens is 2. The van der Waals surface area contributed by atoms with Crippen LogP contribution in [0, 0.1) is 11.7 Å². The lowest BCUT2D eigenvalue weighted by Crippen LogP contribution is -2.25. The summed E-state index contributed by atoms with van der Waals surface area (Å²) in [5.41, 5.74) is 1.00. The van der Waals surface area contributed by atoms with Crippen LogP contribution in [0.5, 0.6) is 0 Å². The first-order valence-corrected chi connectivity index (χ1v) is 6.62. The first-order chi connectivity index (χ1) is 7.65. The average Bonchev–Trinajstić information content (AvgIpc) is 3.04. The van der Waals surface area contributed by atoms with E-state index in [1.54, 1.807) is 12.1 Å². The maximum atomic E-state index is 13.2. The van der Waals surface area contributed by atoms with E-state index in [1.165, 1.54) is 19.3 Å². The number of hydrogen-bond donors (Lipinski definition) is 1. The van der Waals surface area contributed by atoms with Gasteiger partial charge in [-0.05, 0) is 52.9 Å². The summed E-state index contributed by atoms with van der Waals surface area (Å²) in [4.78, 5) is 0. The van der Waals surface area contributed by atoms with Crippen LogP contribution in [-0.2, 0) is 6.54 Å². The fraction of sp³-hybridized carbons (Fsp3) is 0.538. The van der Waals surface area contributed by atoms with Crippen LogP contribution in [0.2, 0.25) is 0 Å². The summed E-state index contributed by atoms with van der Waals surface area (Å²) in [6.45, 7) is 2.95. The van der Waals surface area contributed by atoms with E-state index in [4.69, 9.17) is 0 Å². The van der Waals surface area contributed by atoms with Gasteiger partial charge in [-0.3, -0.25) is 0 Å². The van der Waals surface area contributed by atoms with Gasteiger partial charge in [-0.2, -0.15) is 0 Å². The van der Waals surface area contributed by atoms with Crippen molar-refractivity contribution in [2.24, 2.45) is 5.92 Å². The summed E-state index contributed by atoms with van der Waals surface area (Å²) in [6.07, 6.45) is 4.02. The molecular weight excluding hydrogens is 269 g/mol. The van der Waals surface area contributed by atoms with Gasteiger partial charge in [0, 0.05) is 12.6 Å². The third-order valence-electron chi connectivity index (χ3n) is 3.02. The van der Waals surface area contributed by atoms with Crippen LogP contribution in [0.4, 0.5) is 4.39 Å². The molecule has 1 fully saturated rings. The zero-order valence-corrected chi connectivity index (χ0v) is 11.1. The molecule has 0 aliphatic heterocycles. The van der Waals surface area contributed by atoms with Gasteiger partial charge in [0.05, 0.1) is 4.47 Å². The quantitative estimate of drug-likeness (QED) is 0.866. The van der Waals surface area contributed by atoms with Gasteiger partial charge in [-0.25, -0.2) is 4.39 Å². The molecule has 1 aromatic carbocycles. The van der Waals surface area contributed by atoms with E-state index in [1.807, 2.05) is 6.07 Å². The summed E-state index contributed by atoms with van der Waals surface area (Å²) in [6, 6.07) is 5.82. The zero-order valence-electron chi connectivity index (χ0n) is 9.47. The van der Waals surface area contributed by atoms with E-state index >= 15 is 0 Å². The predicted octanol–water partition coefficient (Wildman–Crippen LogP) is 3.87. The van der Waals surface area contributed by atoms with Crippen molar-refractivity contribution >= 4 is 15.9 Å². The van der Waals surface area contributed by atoms with E-state index in [-0.39, 0.29) is 5.82 Å². The van der Waals surface area contributed by atoms with Crippen LogP contribution < -0.4 is 5.32 Å². The van der Waals surface area contributed by atoms with Crippen molar-refractivity contribution in [2.75, 3.05) is 0 Å². The third kappa shape index (κ3) is 3.56. The Morgan fingerprint density at radius 2 is 2.25 bits per heavy atom. The Morgan fingerprint density at radius 3 is 2.88 bits per heavy atom. The highest BCUT2D eigenvalue weighted by Crippen LogP contribution is 2.33. The van der Waals surface area contributed by atoms with Crippen molar-refractivity contribution in [2.45, 2.75) is 38.8 Å². The number of rotatable bonds is 5. The average molecular weight is 286 g/mol. The molecule has 0 bridgehead atoms. The third-order valence-corrected chi connectivity index (χ3v) is 3.67. The second-order valence-electron chi connectivity index (χ2n) is 4.71. The Balaban J connectivity index is 1.81. The monoisotopic (exact) mass is 285 g/mol. The van der Waals surface area contributed by atoms with Crippen molar-refractivity contribution in [1.29, 1.82) is 0 Å². The molecular formula is C13H17BrFN. The second kappa shape index (κ2) is 5.28. The molecule has 1 aromatic rings. The highest BCUT2D eigenvalue weighted by molar-refractivity contribution is 9.10. The fourth-order valence-electron chi connectivity index (χ4n) is 1.88. The summed E-state index contributed by atoms with van der Waals surface area (Å²) in [5, 5.41) is 3.43. The molecule has 2 rings (SSSR count). The lowest BCUT2D eigenvalue weighted by atomic mass is 10.1. The van der Waals surface area contributed by atoms with Crippen LogP contribution in [0.15, 0.2) is 22.7 Å². The van der Waals surface area contributed by atoms with Crippen molar-refractivity contribution in [1.82, 2.24) is 5.32 Å². The summed E-state index contributed by atoms with van der Waals surface area (Å²) in [7, 11) is 0. The summed E-state index contributed by atoms with van der Waals surface area (Å²) < 4.78 is 13.8. The van der Waals surface area contributed by atoms with Gasteiger partial charge in [-0.1, -0.05) is 18.9 Å².